The van der Waals surface area contributed by atoms with Crippen LogP contribution in [0, 0.1) is 0 Å². The molecule has 0 radical (unpaired) electrons. The van der Waals surface area contributed by atoms with Crippen LogP contribution < -0.4 is 0 Å². The van der Waals surface area contributed by atoms with Gasteiger partial charge in [-0.15, -0.1) is 0 Å². The van der Waals surface area contributed by atoms with E-state index in [9.17, 15) is 13.2 Å². The SMILES string of the molecule is O=C(N=C1N=C2C=CC(Br)=CN2Cc2ccccc21)[C@H]1CCCN1S(=O)(=O)c1ccc(Cl)cc1. The molecule has 3 heterocycles. The Hall–Kier alpha value is -2.59. The smallest absolute Gasteiger partial charge is 0.266 e. The molecule has 0 unspecified atom stereocenters. The molecule has 3 aliphatic heterocycles. The first-order chi connectivity index (χ1) is 16.3. The molecule has 1 atom stereocenters. The van der Waals surface area contributed by atoms with Gasteiger partial charge < -0.3 is 4.90 Å². The summed E-state index contributed by atoms with van der Waals surface area (Å²) < 4.78 is 28.7. The molecule has 3 aliphatic rings. The molecular formula is C24H20BrClN4O3S. The van der Waals surface area contributed by atoms with Crippen molar-refractivity contribution in [1.29, 1.82) is 0 Å². The first kappa shape index (κ1) is 23.2. The monoisotopic (exact) mass is 558 g/mol. The fourth-order valence-electron chi connectivity index (χ4n) is 4.25. The predicted molar refractivity (Wildman–Crippen MR) is 135 cm³/mol. The van der Waals surface area contributed by atoms with Crippen LogP contribution in [0.25, 0.3) is 0 Å². The van der Waals surface area contributed by atoms with Gasteiger partial charge in [-0.05, 0) is 70.8 Å². The number of amides is 1. The predicted octanol–water partition coefficient (Wildman–Crippen LogP) is 4.49. The van der Waals surface area contributed by atoms with Crippen LogP contribution in [-0.4, -0.2) is 47.8 Å². The molecule has 2 aromatic rings. The van der Waals surface area contributed by atoms with E-state index in [0.29, 0.717) is 30.2 Å². The number of benzene rings is 2. The van der Waals surface area contributed by atoms with Gasteiger partial charge >= 0.3 is 0 Å². The maximum atomic E-state index is 13.4. The molecule has 34 heavy (non-hydrogen) atoms. The summed E-state index contributed by atoms with van der Waals surface area (Å²) in [6.07, 6.45) is 6.64. The van der Waals surface area contributed by atoms with Crippen molar-refractivity contribution in [2.75, 3.05) is 6.54 Å². The molecule has 0 bridgehead atoms. The number of rotatable bonds is 3. The van der Waals surface area contributed by atoms with Crippen molar-refractivity contribution in [3.05, 3.63) is 87.5 Å². The highest BCUT2D eigenvalue weighted by atomic mass is 79.9. The van der Waals surface area contributed by atoms with Crippen molar-refractivity contribution in [3.63, 3.8) is 0 Å². The molecule has 0 aliphatic carbocycles. The summed E-state index contributed by atoms with van der Waals surface area (Å²) in [6, 6.07) is 12.7. The molecule has 0 spiro atoms. The largest absolute Gasteiger partial charge is 0.327 e. The zero-order valence-electron chi connectivity index (χ0n) is 17.9. The summed E-state index contributed by atoms with van der Waals surface area (Å²) in [4.78, 5) is 24.5. The van der Waals surface area contributed by atoms with Gasteiger partial charge in [0.1, 0.15) is 11.9 Å². The molecule has 174 valence electrons. The maximum Gasteiger partial charge on any atom is 0.266 e. The van der Waals surface area contributed by atoms with Crippen LogP contribution in [0.2, 0.25) is 5.02 Å². The summed E-state index contributed by atoms with van der Waals surface area (Å²) in [5, 5.41) is 0.443. The quantitative estimate of drug-likeness (QED) is 0.555. The zero-order chi connectivity index (χ0) is 23.9. The second-order valence-electron chi connectivity index (χ2n) is 8.10. The van der Waals surface area contributed by atoms with Gasteiger partial charge in [0, 0.05) is 34.4 Å². The second-order valence-corrected chi connectivity index (χ2v) is 11.3. The number of aliphatic imine (C=N–C) groups is 2. The molecule has 7 nitrogen and oxygen atoms in total. The summed E-state index contributed by atoms with van der Waals surface area (Å²) >= 11 is 9.40. The minimum atomic E-state index is -3.87. The first-order valence-electron chi connectivity index (χ1n) is 10.7. The highest BCUT2D eigenvalue weighted by Gasteiger charge is 2.39. The Balaban J connectivity index is 1.51. The van der Waals surface area contributed by atoms with Gasteiger partial charge in [0.25, 0.3) is 5.91 Å². The zero-order valence-corrected chi connectivity index (χ0v) is 21.1. The number of allylic oxidation sites excluding steroid dienone is 2. The van der Waals surface area contributed by atoms with Crippen LogP contribution in [-0.2, 0) is 21.4 Å². The number of sulfonamides is 1. The van der Waals surface area contributed by atoms with Gasteiger partial charge in [-0.1, -0.05) is 35.9 Å². The Bertz CT molecular complexity index is 1380. The van der Waals surface area contributed by atoms with E-state index in [1.165, 1.54) is 28.6 Å². The number of fused-ring (bicyclic) bond motifs is 2. The van der Waals surface area contributed by atoms with Gasteiger partial charge in [-0.2, -0.15) is 9.30 Å². The van der Waals surface area contributed by atoms with Crippen molar-refractivity contribution in [2.45, 2.75) is 30.3 Å². The lowest BCUT2D eigenvalue weighted by atomic mass is 10.1. The molecular weight excluding hydrogens is 540 g/mol. The van der Waals surface area contributed by atoms with Crippen molar-refractivity contribution in [3.8, 4) is 0 Å². The van der Waals surface area contributed by atoms with Crippen LogP contribution >= 0.6 is 27.5 Å². The Labute approximate surface area is 211 Å². The lowest BCUT2D eigenvalue weighted by Crippen LogP contribution is -2.40. The Morgan fingerprint density at radius 1 is 1.12 bits per heavy atom. The topological polar surface area (TPSA) is 82.4 Å². The summed E-state index contributed by atoms with van der Waals surface area (Å²) in [5.74, 6) is 0.419. The van der Waals surface area contributed by atoms with Crippen molar-refractivity contribution in [1.82, 2.24) is 9.21 Å². The number of amidine groups is 2. The van der Waals surface area contributed by atoms with E-state index >= 15 is 0 Å². The highest BCUT2D eigenvalue weighted by Crippen LogP contribution is 2.29. The molecule has 2 aromatic carbocycles. The number of nitrogens with zero attached hydrogens (tertiary/aromatic N) is 4. The lowest BCUT2D eigenvalue weighted by Gasteiger charge is -2.22. The number of carbonyl (C=O) groups is 1. The van der Waals surface area contributed by atoms with Gasteiger partial charge in [-0.3, -0.25) is 4.79 Å². The third-order valence-corrected chi connectivity index (χ3v) is 8.55. The van der Waals surface area contributed by atoms with E-state index in [-0.39, 0.29) is 17.3 Å². The van der Waals surface area contributed by atoms with Crippen LogP contribution in [0.4, 0.5) is 0 Å². The molecule has 0 saturated carbocycles. The third kappa shape index (κ3) is 4.40. The maximum absolute atomic E-state index is 13.4. The van der Waals surface area contributed by atoms with E-state index in [1.54, 1.807) is 0 Å². The standard InChI is InChI=1S/C24H20BrClN4O3S/c25-17-7-12-22-27-23(20-5-2-1-4-16(20)14-29(22)15-17)28-24(31)21-6-3-13-30(21)34(32,33)19-10-8-18(26)9-11-19/h1-2,4-5,7-12,15,21H,3,6,13-14H2/t21-/m1/s1. The fourth-order valence-corrected chi connectivity index (χ4v) is 6.40. The van der Waals surface area contributed by atoms with E-state index in [0.717, 1.165) is 15.6 Å². The molecule has 5 rings (SSSR count). The van der Waals surface area contributed by atoms with Crippen molar-refractivity contribution in [2.24, 2.45) is 9.98 Å². The molecule has 0 aromatic heterocycles. The summed E-state index contributed by atoms with van der Waals surface area (Å²) in [5.41, 5.74) is 1.72. The van der Waals surface area contributed by atoms with Gasteiger partial charge in [0.2, 0.25) is 10.0 Å². The minimum Gasteiger partial charge on any atom is -0.327 e. The van der Waals surface area contributed by atoms with E-state index in [2.05, 4.69) is 25.9 Å². The van der Waals surface area contributed by atoms with Crippen LogP contribution in [0.5, 0.6) is 0 Å². The number of carbonyl (C=O) groups excluding carboxylic acids is 1. The highest BCUT2D eigenvalue weighted by molar-refractivity contribution is 9.11. The molecule has 1 fully saturated rings. The molecule has 1 saturated heterocycles. The van der Waals surface area contributed by atoms with E-state index in [1.807, 2.05) is 47.5 Å². The van der Waals surface area contributed by atoms with Gasteiger partial charge in [0.15, 0.2) is 5.84 Å². The van der Waals surface area contributed by atoms with E-state index in [4.69, 9.17) is 11.6 Å². The average Bonchev–Trinajstić information content (AvgIpc) is 3.27. The number of hydrogen-bond acceptors (Lipinski definition) is 4. The number of hydrogen-bond donors (Lipinski definition) is 0. The van der Waals surface area contributed by atoms with Gasteiger partial charge in [0.05, 0.1) is 4.90 Å². The van der Waals surface area contributed by atoms with Crippen LogP contribution in [0.3, 0.4) is 0 Å². The van der Waals surface area contributed by atoms with Gasteiger partial charge in [-0.25, -0.2) is 13.4 Å². The average molecular weight is 560 g/mol. The lowest BCUT2D eigenvalue weighted by molar-refractivity contribution is -0.120. The molecule has 10 heteroatoms. The third-order valence-electron chi connectivity index (χ3n) is 5.91. The first-order valence-corrected chi connectivity index (χ1v) is 13.3. The summed E-state index contributed by atoms with van der Waals surface area (Å²) in [6.45, 7) is 0.828. The second kappa shape index (κ2) is 9.22. The van der Waals surface area contributed by atoms with Crippen molar-refractivity contribution < 1.29 is 13.2 Å². The normalized spacial score (nSPS) is 21.5. The molecule has 1 amide bonds. The molecule has 0 N–H and O–H groups in total. The Morgan fingerprint density at radius 2 is 1.88 bits per heavy atom. The fraction of sp³-hybridized carbons (Fsp3) is 0.208. The van der Waals surface area contributed by atoms with E-state index < -0.39 is 22.0 Å². The van der Waals surface area contributed by atoms with Crippen molar-refractivity contribution >= 4 is 55.1 Å². The minimum absolute atomic E-state index is 0.102. The Kier molecular flexibility index (Phi) is 6.28. The van der Waals surface area contributed by atoms with Crippen LogP contribution in [0.15, 0.2) is 86.2 Å². The Morgan fingerprint density at radius 3 is 2.68 bits per heavy atom. The number of halogens is 2. The summed E-state index contributed by atoms with van der Waals surface area (Å²) in [7, 11) is -3.87. The van der Waals surface area contributed by atoms with Crippen LogP contribution in [0.1, 0.15) is 24.0 Å².